The van der Waals surface area contributed by atoms with Crippen LogP contribution in [0.15, 0.2) is 42.6 Å². The molecule has 1 aliphatic carbocycles. The van der Waals surface area contributed by atoms with Crippen LogP contribution in [0.25, 0.3) is 0 Å². The average molecular weight is 476 g/mol. The predicted molar refractivity (Wildman–Crippen MR) is 124 cm³/mol. The highest BCUT2D eigenvalue weighted by molar-refractivity contribution is 5.83. The number of aromatic nitrogens is 1. The van der Waals surface area contributed by atoms with E-state index in [2.05, 4.69) is 15.2 Å². The van der Waals surface area contributed by atoms with Gasteiger partial charge in [0, 0.05) is 25.9 Å². The van der Waals surface area contributed by atoms with Crippen molar-refractivity contribution >= 4 is 11.7 Å². The molecule has 2 fully saturated rings. The molecule has 34 heavy (non-hydrogen) atoms. The van der Waals surface area contributed by atoms with E-state index >= 15 is 0 Å². The number of aliphatic hydroxyl groups excluding tert-OH is 1. The highest BCUT2D eigenvalue weighted by Gasteiger charge is 2.57. The maximum absolute atomic E-state index is 13.0. The summed E-state index contributed by atoms with van der Waals surface area (Å²) in [5, 5.41) is 12.0. The number of halogens is 2. The van der Waals surface area contributed by atoms with E-state index < -0.39 is 17.9 Å². The number of benzene rings is 1. The van der Waals surface area contributed by atoms with Gasteiger partial charge in [-0.1, -0.05) is 12.1 Å². The first kappa shape index (κ1) is 24.2. The van der Waals surface area contributed by atoms with Crippen LogP contribution in [0.3, 0.4) is 0 Å². The van der Waals surface area contributed by atoms with Gasteiger partial charge in [0.1, 0.15) is 23.4 Å². The minimum atomic E-state index is -2.58. The molecule has 0 bridgehead atoms. The Morgan fingerprint density at radius 1 is 1.24 bits per heavy atom. The van der Waals surface area contributed by atoms with Crippen LogP contribution in [0.1, 0.15) is 38.2 Å². The Morgan fingerprint density at radius 3 is 2.56 bits per heavy atom. The lowest BCUT2D eigenvalue weighted by atomic mass is 10.0. The lowest BCUT2D eigenvalue weighted by molar-refractivity contribution is -0.122. The number of nitrogens with one attached hydrogen (secondary N) is 1. The molecule has 2 heterocycles. The molecule has 9 heteroatoms. The molecule has 4 unspecified atom stereocenters. The Bertz CT molecular complexity index is 969. The molecule has 2 N–H and O–H groups in total. The number of nitrogens with zero attached hydrogens (tertiary/aromatic N) is 2. The van der Waals surface area contributed by atoms with Crippen LogP contribution in [0, 0.1) is 5.92 Å². The van der Waals surface area contributed by atoms with E-state index in [-0.39, 0.29) is 37.5 Å². The van der Waals surface area contributed by atoms with Crippen molar-refractivity contribution in [3.05, 3.63) is 48.2 Å². The summed E-state index contributed by atoms with van der Waals surface area (Å²) < 4.78 is 37.5. The fourth-order valence-electron chi connectivity index (χ4n) is 3.90. The molecule has 4 rings (SSSR count). The van der Waals surface area contributed by atoms with Gasteiger partial charge in [-0.25, -0.2) is 13.8 Å². The van der Waals surface area contributed by atoms with Crippen molar-refractivity contribution in [1.29, 1.82) is 0 Å². The summed E-state index contributed by atoms with van der Waals surface area (Å²) in [7, 11) is 0. The van der Waals surface area contributed by atoms with E-state index in [0.717, 1.165) is 30.1 Å². The zero-order valence-electron chi connectivity index (χ0n) is 19.4. The van der Waals surface area contributed by atoms with Crippen LogP contribution in [-0.4, -0.2) is 60.4 Å². The van der Waals surface area contributed by atoms with Gasteiger partial charge in [0.15, 0.2) is 0 Å². The highest BCUT2D eigenvalue weighted by Crippen LogP contribution is 2.48. The van der Waals surface area contributed by atoms with E-state index in [0.29, 0.717) is 12.3 Å². The topological polar surface area (TPSA) is 83.9 Å². The number of rotatable bonds is 10. The summed E-state index contributed by atoms with van der Waals surface area (Å²) in [4.78, 5) is 18.7. The number of alkyl halides is 2. The average Bonchev–Trinajstić information content (AvgIpc) is 3.19. The molecule has 4 atom stereocenters. The highest BCUT2D eigenvalue weighted by atomic mass is 19.3. The van der Waals surface area contributed by atoms with Gasteiger partial charge in [0.2, 0.25) is 5.91 Å². The van der Waals surface area contributed by atoms with Crippen molar-refractivity contribution in [2.24, 2.45) is 5.92 Å². The number of aliphatic hydroxyl groups is 1. The first-order chi connectivity index (χ1) is 16.2. The van der Waals surface area contributed by atoms with Crippen LogP contribution >= 0.6 is 0 Å². The largest absolute Gasteiger partial charge is 0.491 e. The van der Waals surface area contributed by atoms with Crippen molar-refractivity contribution in [2.75, 3.05) is 31.1 Å². The SMILES string of the molecule is CC(O)CNC(=O)C(C)c1ccc(OC2CCN(c3ccc(OCC4CC4(F)F)cn3)C2)cc1. The molecule has 2 aliphatic rings. The second-order valence-electron chi connectivity index (χ2n) is 9.18. The lowest BCUT2D eigenvalue weighted by Gasteiger charge is -2.19. The maximum atomic E-state index is 13.0. The minimum absolute atomic E-state index is 0.00689. The maximum Gasteiger partial charge on any atom is 0.255 e. The molecule has 1 aromatic carbocycles. The summed E-state index contributed by atoms with van der Waals surface area (Å²) >= 11 is 0. The number of hydrogen-bond acceptors (Lipinski definition) is 6. The molecule has 1 saturated heterocycles. The van der Waals surface area contributed by atoms with Gasteiger partial charge in [0.25, 0.3) is 5.92 Å². The molecule has 7 nitrogen and oxygen atoms in total. The van der Waals surface area contributed by atoms with Gasteiger partial charge >= 0.3 is 0 Å². The summed E-state index contributed by atoms with van der Waals surface area (Å²) in [5.74, 6) is -1.70. The molecule has 0 radical (unpaired) electrons. The van der Waals surface area contributed by atoms with E-state index in [1.165, 1.54) is 0 Å². The van der Waals surface area contributed by atoms with Gasteiger partial charge in [-0.15, -0.1) is 0 Å². The molecule has 1 aromatic heterocycles. The van der Waals surface area contributed by atoms with Crippen LogP contribution in [0.5, 0.6) is 11.5 Å². The fraction of sp³-hybridized carbons (Fsp3) is 0.520. The molecule has 184 valence electrons. The van der Waals surface area contributed by atoms with E-state index in [4.69, 9.17) is 9.47 Å². The standard InChI is InChI=1S/C25H31F2N3O4/c1-16(31)12-29-24(32)17(2)18-3-5-20(6-4-18)34-22-9-10-30(14-22)23-8-7-21(13-28-23)33-15-19-11-25(19,26)27/h3-8,13,16-17,19,22,31H,9-12,14-15H2,1-2H3,(H,29,32). The molecular formula is C25H31F2N3O4. The van der Waals surface area contributed by atoms with Crippen molar-refractivity contribution in [1.82, 2.24) is 10.3 Å². The molecule has 1 saturated carbocycles. The second-order valence-corrected chi connectivity index (χ2v) is 9.18. The third kappa shape index (κ3) is 6.14. The fourth-order valence-corrected chi connectivity index (χ4v) is 3.90. The minimum Gasteiger partial charge on any atom is -0.491 e. The quantitative estimate of drug-likeness (QED) is 0.548. The number of hydrogen-bond donors (Lipinski definition) is 2. The number of anilines is 1. The van der Waals surface area contributed by atoms with Crippen LogP contribution in [0.2, 0.25) is 0 Å². The summed E-state index contributed by atoms with van der Waals surface area (Å²) in [5.41, 5.74) is 0.875. The Balaban J connectivity index is 1.24. The van der Waals surface area contributed by atoms with Crippen molar-refractivity contribution in [3.63, 3.8) is 0 Å². The third-order valence-electron chi connectivity index (χ3n) is 6.24. The van der Waals surface area contributed by atoms with Gasteiger partial charge in [-0.05, 0) is 43.7 Å². The van der Waals surface area contributed by atoms with Crippen LogP contribution < -0.4 is 19.7 Å². The molecule has 1 amide bonds. The number of pyridine rings is 1. The first-order valence-corrected chi connectivity index (χ1v) is 11.7. The third-order valence-corrected chi connectivity index (χ3v) is 6.24. The Morgan fingerprint density at radius 2 is 1.94 bits per heavy atom. The lowest BCUT2D eigenvalue weighted by Crippen LogP contribution is -2.33. The first-order valence-electron chi connectivity index (χ1n) is 11.7. The van der Waals surface area contributed by atoms with Crippen molar-refractivity contribution < 1.29 is 28.2 Å². The molecular weight excluding hydrogens is 444 g/mol. The summed E-state index contributed by atoms with van der Waals surface area (Å²) in [6.07, 6.45) is 1.74. The molecule has 2 aromatic rings. The van der Waals surface area contributed by atoms with Crippen molar-refractivity contribution in [3.8, 4) is 11.5 Å². The second kappa shape index (κ2) is 10.1. The number of amides is 1. The Kier molecular flexibility index (Phi) is 7.21. The molecule has 1 aliphatic heterocycles. The number of ether oxygens (including phenoxy) is 2. The summed E-state index contributed by atoms with van der Waals surface area (Å²) in [6.45, 7) is 5.17. The zero-order valence-corrected chi connectivity index (χ0v) is 19.4. The number of carbonyl (C=O) groups is 1. The monoisotopic (exact) mass is 475 g/mol. The van der Waals surface area contributed by atoms with Gasteiger partial charge < -0.3 is 24.8 Å². The van der Waals surface area contributed by atoms with E-state index in [1.807, 2.05) is 37.3 Å². The Hall–Kier alpha value is -2.94. The predicted octanol–water partition coefficient (Wildman–Crippen LogP) is 3.37. The molecule has 0 spiro atoms. The summed E-state index contributed by atoms with van der Waals surface area (Å²) in [6, 6.07) is 11.1. The van der Waals surface area contributed by atoms with E-state index in [1.54, 1.807) is 19.2 Å². The van der Waals surface area contributed by atoms with Crippen molar-refractivity contribution in [2.45, 2.75) is 50.7 Å². The van der Waals surface area contributed by atoms with Gasteiger partial charge in [0.05, 0.1) is 37.3 Å². The van der Waals surface area contributed by atoms with Gasteiger partial charge in [-0.3, -0.25) is 4.79 Å². The van der Waals surface area contributed by atoms with Crippen LogP contribution in [0.4, 0.5) is 14.6 Å². The normalized spacial score (nSPS) is 22.7. The van der Waals surface area contributed by atoms with Gasteiger partial charge in [-0.2, -0.15) is 0 Å². The van der Waals surface area contributed by atoms with E-state index in [9.17, 15) is 18.7 Å². The Labute approximate surface area is 198 Å². The zero-order chi connectivity index (χ0) is 24.3. The van der Waals surface area contributed by atoms with Crippen LogP contribution in [-0.2, 0) is 4.79 Å². The smallest absolute Gasteiger partial charge is 0.255 e. The number of carbonyl (C=O) groups excluding carboxylic acids is 1.